The summed E-state index contributed by atoms with van der Waals surface area (Å²) in [4.78, 5) is 24.6. The Kier molecular flexibility index (Phi) is 2.78. The maximum atomic E-state index is 12.2. The molecule has 0 aliphatic carbocycles. The minimum atomic E-state index is -1.10. The van der Waals surface area contributed by atoms with Crippen LogP contribution in [0.1, 0.15) is 27.0 Å². The Hall–Kier alpha value is -2.64. The highest BCUT2D eigenvalue weighted by atomic mass is 16.4. The van der Waals surface area contributed by atoms with Crippen LogP contribution in [0.4, 0.5) is 0 Å². The van der Waals surface area contributed by atoms with Crippen molar-refractivity contribution in [2.45, 2.75) is 6.04 Å². The summed E-state index contributed by atoms with van der Waals surface area (Å²) in [6.07, 6.45) is 3.21. The summed E-state index contributed by atoms with van der Waals surface area (Å²) in [5.41, 5.74) is 0.547. The maximum absolute atomic E-state index is 12.2. The molecule has 1 N–H and O–H groups in total. The predicted molar refractivity (Wildman–Crippen MR) is 67.3 cm³/mol. The first kappa shape index (κ1) is 12.4. The van der Waals surface area contributed by atoms with E-state index in [9.17, 15) is 9.59 Å². The van der Waals surface area contributed by atoms with Crippen LogP contribution in [0.2, 0.25) is 0 Å². The molecule has 2 aromatic rings. The lowest BCUT2D eigenvalue weighted by Crippen LogP contribution is -2.51. The molecule has 0 radical (unpaired) electrons. The van der Waals surface area contributed by atoms with Gasteiger partial charge in [0.1, 0.15) is 5.69 Å². The van der Waals surface area contributed by atoms with Crippen LogP contribution in [-0.4, -0.2) is 54.5 Å². The molecule has 20 heavy (non-hydrogen) atoms. The molecule has 0 bridgehead atoms. The van der Waals surface area contributed by atoms with E-state index in [-0.39, 0.29) is 17.6 Å². The Labute approximate surface area is 114 Å². The summed E-state index contributed by atoms with van der Waals surface area (Å²) in [7, 11) is 1.82. The standard InChI is InChI=1S/C12H13N5O3/c1-15-4-2-3-10(15)11(18)16-5-8(6-16)17-7-9(12(19)20)13-14-17/h2-4,7-8H,5-6H2,1H3,(H,19,20). The van der Waals surface area contributed by atoms with Crippen molar-refractivity contribution in [1.82, 2.24) is 24.5 Å². The van der Waals surface area contributed by atoms with Crippen molar-refractivity contribution in [3.63, 3.8) is 0 Å². The van der Waals surface area contributed by atoms with Crippen molar-refractivity contribution in [2.24, 2.45) is 7.05 Å². The first-order chi connectivity index (χ1) is 9.56. The summed E-state index contributed by atoms with van der Waals surface area (Å²) < 4.78 is 3.27. The number of likely N-dealkylation sites (tertiary alicyclic amines) is 1. The highest BCUT2D eigenvalue weighted by Crippen LogP contribution is 2.22. The van der Waals surface area contributed by atoms with Gasteiger partial charge in [-0.2, -0.15) is 0 Å². The van der Waals surface area contributed by atoms with E-state index in [4.69, 9.17) is 5.11 Å². The molecule has 8 nitrogen and oxygen atoms in total. The van der Waals surface area contributed by atoms with Crippen LogP contribution in [0.25, 0.3) is 0 Å². The van der Waals surface area contributed by atoms with Crippen molar-refractivity contribution in [1.29, 1.82) is 0 Å². The molecule has 104 valence electrons. The number of hydrogen-bond acceptors (Lipinski definition) is 4. The molecule has 0 unspecified atom stereocenters. The number of carboxylic acid groups (broad SMARTS) is 1. The van der Waals surface area contributed by atoms with Crippen molar-refractivity contribution in [2.75, 3.05) is 13.1 Å². The Morgan fingerprint density at radius 3 is 2.70 bits per heavy atom. The number of aromatic nitrogens is 4. The summed E-state index contributed by atoms with van der Waals surface area (Å²) in [5, 5.41) is 16.1. The second-order valence-corrected chi connectivity index (χ2v) is 4.76. The number of hydrogen-bond donors (Lipinski definition) is 1. The Balaban J connectivity index is 1.65. The summed E-state index contributed by atoms with van der Waals surface area (Å²) in [5.74, 6) is -1.14. The van der Waals surface area contributed by atoms with E-state index in [1.54, 1.807) is 15.5 Å². The molecular weight excluding hydrogens is 262 g/mol. The van der Waals surface area contributed by atoms with E-state index >= 15 is 0 Å². The van der Waals surface area contributed by atoms with E-state index in [0.29, 0.717) is 18.8 Å². The third kappa shape index (κ3) is 1.94. The van der Waals surface area contributed by atoms with Gasteiger partial charge in [0, 0.05) is 26.3 Å². The third-order valence-electron chi connectivity index (χ3n) is 3.42. The van der Waals surface area contributed by atoms with Crippen LogP contribution in [-0.2, 0) is 7.05 Å². The van der Waals surface area contributed by atoms with Gasteiger partial charge in [0.25, 0.3) is 5.91 Å². The molecule has 1 saturated heterocycles. The zero-order chi connectivity index (χ0) is 14.3. The number of nitrogens with zero attached hydrogens (tertiary/aromatic N) is 5. The minimum absolute atomic E-state index is 0.0141. The fourth-order valence-electron chi connectivity index (χ4n) is 2.19. The quantitative estimate of drug-likeness (QED) is 0.851. The molecule has 0 saturated carbocycles. The van der Waals surface area contributed by atoms with Crippen molar-refractivity contribution >= 4 is 11.9 Å². The number of aromatic carboxylic acids is 1. The van der Waals surface area contributed by atoms with Crippen LogP contribution in [0.3, 0.4) is 0 Å². The third-order valence-corrected chi connectivity index (χ3v) is 3.42. The van der Waals surface area contributed by atoms with E-state index in [1.807, 2.05) is 19.3 Å². The van der Waals surface area contributed by atoms with Gasteiger partial charge in [0.15, 0.2) is 5.69 Å². The highest BCUT2D eigenvalue weighted by molar-refractivity contribution is 5.93. The second kappa shape index (κ2) is 4.48. The Morgan fingerprint density at radius 2 is 2.15 bits per heavy atom. The number of rotatable bonds is 3. The van der Waals surface area contributed by atoms with Crippen molar-refractivity contribution in [3.05, 3.63) is 35.9 Å². The smallest absolute Gasteiger partial charge is 0.358 e. The SMILES string of the molecule is Cn1cccc1C(=O)N1CC(n2cc(C(=O)O)nn2)C1. The van der Waals surface area contributed by atoms with Crippen LogP contribution in [0.15, 0.2) is 24.5 Å². The molecule has 1 fully saturated rings. The zero-order valence-corrected chi connectivity index (χ0v) is 10.8. The van der Waals surface area contributed by atoms with Crippen LogP contribution in [0, 0.1) is 0 Å². The number of carbonyl (C=O) groups is 2. The van der Waals surface area contributed by atoms with E-state index in [0.717, 1.165) is 0 Å². The van der Waals surface area contributed by atoms with Crippen molar-refractivity contribution in [3.8, 4) is 0 Å². The molecule has 1 aliphatic rings. The lowest BCUT2D eigenvalue weighted by atomic mass is 10.1. The Morgan fingerprint density at radius 1 is 1.40 bits per heavy atom. The largest absolute Gasteiger partial charge is 0.476 e. The van der Waals surface area contributed by atoms with Gasteiger partial charge in [-0.05, 0) is 12.1 Å². The van der Waals surface area contributed by atoms with Gasteiger partial charge in [0.2, 0.25) is 0 Å². The highest BCUT2D eigenvalue weighted by Gasteiger charge is 2.34. The summed E-state index contributed by atoms with van der Waals surface area (Å²) in [6.45, 7) is 1.01. The molecule has 8 heteroatoms. The molecule has 0 aromatic carbocycles. The second-order valence-electron chi connectivity index (χ2n) is 4.76. The lowest BCUT2D eigenvalue weighted by Gasteiger charge is -2.38. The van der Waals surface area contributed by atoms with Gasteiger partial charge >= 0.3 is 5.97 Å². The monoisotopic (exact) mass is 275 g/mol. The van der Waals surface area contributed by atoms with Gasteiger partial charge in [-0.25, -0.2) is 9.48 Å². The number of amides is 1. The Bertz CT molecular complexity index is 668. The van der Waals surface area contributed by atoms with E-state index in [1.165, 1.54) is 10.9 Å². The average molecular weight is 275 g/mol. The fraction of sp³-hybridized carbons (Fsp3) is 0.333. The molecule has 1 amide bonds. The predicted octanol–water partition coefficient (Wildman–Crippen LogP) is 0.0119. The van der Waals surface area contributed by atoms with Gasteiger partial charge in [-0.1, -0.05) is 5.21 Å². The van der Waals surface area contributed by atoms with Gasteiger partial charge < -0.3 is 14.6 Å². The van der Waals surface area contributed by atoms with Crippen LogP contribution in [0.5, 0.6) is 0 Å². The van der Waals surface area contributed by atoms with Crippen LogP contribution >= 0.6 is 0 Å². The molecule has 3 rings (SSSR count). The van der Waals surface area contributed by atoms with Crippen LogP contribution < -0.4 is 0 Å². The lowest BCUT2D eigenvalue weighted by molar-refractivity contribution is 0.0488. The molecule has 0 atom stereocenters. The maximum Gasteiger partial charge on any atom is 0.358 e. The van der Waals surface area contributed by atoms with E-state index < -0.39 is 5.97 Å². The van der Waals surface area contributed by atoms with Crippen molar-refractivity contribution < 1.29 is 14.7 Å². The first-order valence-corrected chi connectivity index (χ1v) is 6.12. The number of aryl methyl sites for hydroxylation is 1. The number of carbonyl (C=O) groups excluding carboxylic acids is 1. The van der Waals surface area contributed by atoms with Gasteiger partial charge in [-0.15, -0.1) is 5.10 Å². The summed E-state index contributed by atoms with van der Waals surface area (Å²) >= 11 is 0. The topological polar surface area (TPSA) is 93.2 Å². The molecule has 3 heterocycles. The molecular formula is C12H13N5O3. The summed E-state index contributed by atoms with van der Waals surface area (Å²) in [6, 6.07) is 3.58. The van der Waals surface area contributed by atoms with Gasteiger partial charge in [-0.3, -0.25) is 4.79 Å². The minimum Gasteiger partial charge on any atom is -0.476 e. The van der Waals surface area contributed by atoms with E-state index in [2.05, 4.69) is 10.3 Å². The van der Waals surface area contributed by atoms with Gasteiger partial charge in [0.05, 0.1) is 12.2 Å². The first-order valence-electron chi connectivity index (χ1n) is 6.12. The molecule has 0 spiro atoms. The average Bonchev–Trinajstić information content (AvgIpc) is 2.95. The fourth-order valence-corrected chi connectivity index (χ4v) is 2.19. The molecule has 2 aromatic heterocycles. The number of carboxylic acids is 1. The molecule has 1 aliphatic heterocycles. The normalized spacial score (nSPS) is 15.2. The zero-order valence-electron chi connectivity index (χ0n) is 10.8.